The molecule has 0 unspecified atom stereocenters. The maximum atomic E-state index is 13.4. The largest absolute Gasteiger partial charge is 0.352 e. The number of benzene rings is 1. The van der Waals surface area contributed by atoms with Crippen LogP contribution in [0, 0.1) is 5.82 Å². The van der Waals surface area contributed by atoms with E-state index in [1.165, 1.54) is 12.1 Å². The summed E-state index contributed by atoms with van der Waals surface area (Å²) in [7, 11) is 0. The fourth-order valence-electron chi connectivity index (χ4n) is 2.39. The minimum Gasteiger partial charge on any atom is -0.352 e. The van der Waals surface area contributed by atoms with Crippen LogP contribution in [-0.2, 0) is 17.8 Å². The molecule has 3 nitrogen and oxygen atoms in total. The summed E-state index contributed by atoms with van der Waals surface area (Å²) in [4.78, 5) is 17.5. The number of hydrogen-bond acceptors (Lipinski definition) is 3. The van der Waals surface area contributed by atoms with Crippen molar-refractivity contribution in [3.8, 4) is 10.6 Å². The van der Waals surface area contributed by atoms with Crippen molar-refractivity contribution in [1.82, 2.24) is 10.3 Å². The molecule has 2 aromatic heterocycles. The first-order valence-electron chi connectivity index (χ1n) is 7.81. The van der Waals surface area contributed by atoms with Crippen LogP contribution in [0.5, 0.6) is 0 Å². The highest BCUT2D eigenvalue weighted by atomic mass is 35.5. The Bertz CT molecular complexity index is 868. The van der Waals surface area contributed by atoms with Crippen LogP contribution in [0.15, 0.2) is 54.0 Å². The zero-order valence-corrected chi connectivity index (χ0v) is 14.9. The van der Waals surface area contributed by atoms with Gasteiger partial charge >= 0.3 is 0 Å². The van der Waals surface area contributed by atoms with Crippen molar-refractivity contribution in [2.45, 2.75) is 19.4 Å². The number of pyridine rings is 1. The first kappa shape index (κ1) is 17.6. The number of nitrogens with one attached hydrogen (secondary N) is 1. The quantitative estimate of drug-likeness (QED) is 0.670. The van der Waals surface area contributed by atoms with Crippen molar-refractivity contribution in [2.75, 3.05) is 0 Å². The summed E-state index contributed by atoms with van der Waals surface area (Å²) in [5.74, 6) is -0.540. The predicted molar refractivity (Wildman–Crippen MR) is 99.1 cm³/mol. The summed E-state index contributed by atoms with van der Waals surface area (Å²) in [6, 6.07) is 12.5. The first-order valence-corrected chi connectivity index (χ1v) is 9.07. The summed E-state index contributed by atoms with van der Waals surface area (Å²) in [5.41, 5.74) is 2.64. The molecule has 3 rings (SSSR count). The Hall–Kier alpha value is -2.24. The third-order valence-electron chi connectivity index (χ3n) is 3.71. The summed E-state index contributed by atoms with van der Waals surface area (Å²) in [6.07, 6.45) is 2.51. The van der Waals surface area contributed by atoms with Gasteiger partial charge in [0.1, 0.15) is 5.82 Å². The molecule has 2 heterocycles. The van der Waals surface area contributed by atoms with Gasteiger partial charge in [-0.25, -0.2) is 4.39 Å². The molecule has 0 atom stereocenters. The van der Waals surface area contributed by atoms with E-state index in [4.69, 9.17) is 11.6 Å². The van der Waals surface area contributed by atoms with Gasteiger partial charge in [0.2, 0.25) is 5.91 Å². The van der Waals surface area contributed by atoms with E-state index in [1.54, 1.807) is 23.6 Å². The molecule has 128 valence electrons. The monoisotopic (exact) mass is 374 g/mol. The highest BCUT2D eigenvalue weighted by molar-refractivity contribution is 7.13. The molecule has 0 spiro atoms. The van der Waals surface area contributed by atoms with Gasteiger partial charge in [-0.1, -0.05) is 23.7 Å². The van der Waals surface area contributed by atoms with E-state index in [0.29, 0.717) is 19.4 Å². The van der Waals surface area contributed by atoms with Gasteiger partial charge in [-0.3, -0.25) is 9.78 Å². The van der Waals surface area contributed by atoms with Crippen LogP contribution in [0.1, 0.15) is 17.5 Å². The third-order valence-corrected chi connectivity index (χ3v) is 4.91. The number of aryl methyl sites for hydroxylation is 1. The number of thiophene rings is 1. The number of carbonyl (C=O) groups excluding carboxylic acids is 1. The molecular weight excluding hydrogens is 359 g/mol. The van der Waals surface area contributed by atoms with E-state index in [1.807, 2.05) is 29.6 Å². The van der Waals surface area contributed by atoms with E-state index in [-0.39, 0.29) is 10.9 Å². The van der Waals surface area contributed by atoms with Crippen LogP contribution in [-0.4, -0.2) is 10.9 Å². The standard InChI is InChI=1S/C19H16ClFN2OS/c20-15-5-3-13(10-16(15)21)4-6-19(24)23-12-14-7-8-22-17(11-14)18-2-1-9-25-18/h1-3,5,7-11H,4,6,12H2,(H,23,24). The molecule has 3 aromatic rings. The van der Waals surface area contributed by atoms with Crippen LogP contribution in [0.2, 0.25) is 5.02 Å². The molecule has 1 amide bonds. The Morgan fingerprint density at radius 3 is 2.84 bits per heavy atom. The summed E-state index contributed by atoms with van der Waals surface area (Å²) in [5, 5.41) is 4.98. The second-order valence-corrected chi connectivity index (χ2v) is 6.91. The van der Waals surface area contributed by atoms with E-state index in [0.717, 1.165) is 21.7 Å². The Labute approximate surface area is 154 Å². The second-order valence-electron chi connectivity index (χ2n) is 5.55. The lowest BCUT2D eigenvalue weighted by Crippen LogP contribution is -2.23. The zero-order valence-electron chi connectivity index (χ0n) is 13.3. The molecule has 0 saturated carbocycles. The maximum Gasteiger partial charge on any atom is 0.220 e. The lowest BCUT2D eigenvalue weighted by molar-refractivity contribution is -0.121. The second kappa shape index (κ2) is 8.23. The fourth-order valence-corrected chi connectivity index (χ4v) is 3.20. The van der Waals surface area contributed by atoms with Gasteiger partial charge in [-0.15, -0.1) is 11.3 Å². The number of rotatable bonds is 6. The van der Waals surface area contributed by atoms with Crippen molar-refractivity contribution < 1.29 is 9.18 Å². The molecule has 0 fully saturated rings. The van der Waals surface area contributed by atoms with Gasteiger partial charge in [0.05, 0.1) is 15.6 Å². The summed E-state index contributed by atoms with van der Waals surface area (Å²) < 4.78 is 13.4. The fraction of sp³-hybridized carbons (Fsp3) is 0.158. The van der Waals surface area contributed by atoms with Gasteiger partial charge in [-0.05, 0) is 53.3 Å². The average molecular weight is 375 g/mol. The Morgan fingerprint density at radius 1 is 1.20 bits per heavy atom. The van der Waals surface area contributed by atoms with E-state index in [9.17, 15) is 9.18 Å². The Morgan fingerprint density at radius 2 is 2.08 bits per heavy atom. The van der Waals surface area contributed by atoms with Crippen molar-refractivity contribution in [3.05, 3.63) is 76.0 Å². The van der Waals surface area contributed by atoms with Crippen LogP contribution < -0.4 is 5.32 Å². The predicted octanol–water partition coefficient (Wildman–Crippen LogP) is 4.85. The summed E-state index contributed by atoms with van der Waals surface area (Å²) in [6.45, 7) is 0.439. The van der Waals surface area contributed by atoms with Gasteiger partial charge in [0, 0.05) is 19.2 Å². The molecule has 1 N–H and O–H groups in total. The minimum absolute atomic E-state index is 0.0788. The third kappa shape index (κ3) is 4.87. The van der Waals surface area contributed by atoms with Gasteiger partial charge < -0.3 is 5.32 Å². The lowest BCUT2D eigenvalue weighted by atomic mass is 10.1. The molecule has 1 aromatic carbocycles. The SMILES string of the molecule is O=C(CCc1ccc(Cl)c(F)c1)NCc1ccnc(-c2cccs2)c1. The molecular formula is C19H16ClFN2OS. The van der Waals surface area contributed by atoms with Gasteiger partial charge in [0.25, 0.3) is 0 Å². The number of aromatic nitrogens is 1. The highest BCUT2D eigenvalue weighted by Gasteiger charge is 2.06. The van der Waals surface area contributed by atoms with E-state index in [2.05, 4.69) is 10.3 Å². The molecule has 0 aliphatic rings. The van der Waals surface area contributed by atoms with Crippen molar-refractivity contribution in [1.29, 1.82) is 0 Å². The molecule has 6 heteroatoms. The van der Waals surface area contributed by atoms with Crippen molar-refractivity contribution >= 4 is 28.8 Å². The number of halogens is 2. The van der Waals surface area contributed by atoms with Crippen molar-refractivity contribution in [3.63, 3.8) is 0 Å². The smallest absolute Gasteiger partial charge is 0.220 e. The lowest BCUT2D eigenvalue weighted by Gasteiger charge is -2.07. The van der Waals surface area contributed by atoms with Gasteiger partial charge in [-0.2, -0.15) is 0 Å². The van der Waals surface area contributed by atoms with Crippen molar-refractivity contribution in [2.24, 2.45) is 0 Å². The minimum atomic E-state index is -0.461. The first-order chi connectivity index (χ1) is 12.1. The molecule has 0 aliphatic heterocycles. The van der Waals surface area contributed by atoms with Crippen LogP contribution in [0.4, 0.5) is 4.39 Å². The topological polar surface area (TPSA) is 42.0 Å². The van der Waals surface area contributed by atoms with E-state index >= 15 is 0 Å². The molecule has 0 saturated heterocycles. The number of carbonyl (C=O) groups is 1. The van der Waals surface area contributed by atoms with E-state index < -0.39 is 5.82 Å². The van der Waals surface area contributed by atoms with Gasteiger partial charge in [0.15, 0.2) is 0 Å². The van der Waals surface area contributed by atoms with Crippen LogP contribution >= 0.6 is 22.9 Å². The molecule has 0 radical (unpaired) electrons. The van der Waals surface area contributed by atoms with Crippen LogP contribution in [0.25, 0.3) is 10.6 Å². The number of nitrogens with zero attached hydrogens (tertiary/aromatic N) is 1. The average Bonchev–Trinajstić information content (AvgIpc) is 3.16. The molecule has 25 heavy (non-hydrogen) atoms. The highest BCUT2D eigenvalue weighted by Crippen LogP contribution is 2.23. The molecule has 0 aliphatic carbocycles. The molecule has 0 bridgehead atoms. The normalized spacial score (nSPS) is 10.6. The number of amides is 1. The summed E-state index contributed by atoms with van der Waals surface area (Å²) >= 11 is 7.28. The Balaban J connectivity index is 1.52. The van der Waals surface area contributed by atoms with Crippen LogP contribution in [0.3, 0.4) is 0 Å². The zero-order chi connectivity index (χ0) is 17.6. The number of hydrogen-bond donors (Lipinski definition) is 1. The maximum absolute atomic E-state index is 13.4. The Kier molecular flexibility index (Phi) is 5.79.